The molecule has 1 N–H and O–H groups in total. The first-order valence-electron chi connectivity index (χ1n) is 7.68. The number of nitrogens with one attached hydrogen (secondary N) is 1. The lowest BCUT2D eigenvalue weighted by Gasteiger charge is -2.11. The molecule has 0 saturated heterocycles. The molecule has 2 rings (SSSR count). The van der Waals surface area contributed by atoms with E-state index in [0.29, 0.717) is 5.75 Å². The van der Waals surface area contributed by atoms with Gasteiger partial charge in [0.1, 0.15) is 18.1 Å². The molecule has 6 heteroatoms. The summed E-state index contributed by atoms with van der Waals surface area (Å²) in [6.07, 6.45) is 0. The van der Waals surface area contributed by atoms with Gasteiger partial charge >= 0.3 is 0 Å². The summed E-state index contributed by atoms with van der Waals surface area (Å²) in [4.78, 5) is 0.215. The van der Waals surface area contributed by atoms with E-state index in [2.05, 4.69) is 4.72 Å². The lowest BCUT2D eigenvalue weighted by Crippen LogP contribution is -2.28. The molecule has 0 radical (unpaired) electrons. The van der Waals surface area contributed by atoms with Crippen molar-refractivity contribution in [2.75, 3.05) is 20.3 Å². The molecule has 0 aliphatic rings. The number of rotatable bonds is 7. The standard InChI is InChI=1S/C18H23NO4S/c1-13-5-6-16(11-14(13)2)23-10-9-19-24(20,21)17-7-8-18(22-4)15(3)12-17/h5-8,11-12,19H,9-10H2,1-4H3. The molecule has 0 saturated carbocycles. The Labute approximate surface area is 143 Å². The number of sulfonamides is 1. The Morgan fingerprint density at radius 2 is 1.71 bits per heavy atom. The molecule has 0 bridgehead atoms. The summed E-state index contributed by atoms with van der Waals surface area (Å²) >= 11 is 0. The van der Waals surface area contributed by atoms with Crippen molar-refractivity contribution < 1.29 is 17.9 Å². The van der Waals surface area contributed by atoms with Gasteiger partial charge in [-0.05, 0) is 67.8 Å². The molecule has 0 amide bonds. The van der Waals surface area contributed by atoms with E-state index >= 15 is 0 Å². The monoisotopic (exact) mass is 349 g/mol. The Balaban J connectivity index is 1.93. The van der Waals surface area contributed by atoms with Crippen molar-refractivity contribution in [1.82, 2.24) is 4.72 Å². The molecule has 0 atom stereocenters. The molecule has 130 valence electrons. The third kappa shape index (κ3) is 4.49. The molecular formula is C18H23NO4S. The van der Waals surface area contributed by atoms with Crippen molar-refractivity contribution in [2.45, 2.75) is 25.7 Å². The lowest BCUT2D eigenvalue weighted by molar-refractivity contribution is 0.322. The zero-order chi connectivity index (χ0) is 17.7. The van der Waals surface area contributed by atoms with Crippen LogP contribution in [0.15, 0.2) is 41.3 Å². The Bertz CT molecular complexity index is 816. The third-order valence-electron chi connectivity index (χ3n) is 3.82. The maximum Gasteiger partial charge on any atom is 0.240 e. The molecule has 0 unspecified atom stereocenters. The zero-order valence-corrected chi connectivity index (χ0v) is 15.2. The predicted octanol–water partition coefficient (Wildman–Crippen LogP) is 2.98. The van der Waals surface area contributed by atoms with E-state index in [9.17, 15) is 8.42 Å². The molecule has 5 nitrogen and oxygen atoms in total. The molecule has 2 aromatic rings. The van der Waals surface area contributed by atoms with Gasteiger partial charge in [-0.1, -0.05) is 6.07 Å². The average molecular weight is 349 g/mol. The van der Waals surface area contributed by atoms with Crippen LogP contribution in [0.4, 0.5) is 0 Å². The predicted molar refractivity (Wildman–Crippen MR) is 94.3 cm³/mol. The smallest absolute Gasteiger partial charge is 0.240 e. The van der Waals surface area contributed by atoms with Crippen LogP contribution in [-0.4, -0.2) is 28.7 Å². The van der Waals surface area contributed by atoms with Gasteiger partial charge in [0.15, 0.2) is 0 Å². The maximum absolute atomic E-state index is 12.3. The molecule has 24 heavy (non-hydrogen) atoms. The van der Waals surface area contributed by atoms with E-state index < -0.39 is 10.0 Å². The van der Waals surface area contributed by atoms with Crippen molar-refractivity contribution >= 4 is 10.0 Å². The number of ether oxygens (including phenoxy) is 2. The molecule has 0 heterocycles. The van der Waals surface area contributed by atoms with Gasteiger partial charge in [-0.3, -0.25) is 0 Å². The summed E-state index contributed by atoms with van der Waals surface area (Å²) in [7, 11) is -2.01. The molecule has 2 aromatic carbocycles. The second-order valence-electron chi connectivity index (χ2n) is 5.62. The van der Waals surface area contributed by atoms with Crippen molar-refractivity contribution in [1.29, 1.82) is 0 Å². The van der Waals surface area contributed by atoms with Gasteiger partial charge in [-0.2, -0.15) is 0 Å². The van der Waals surface area contributed by atoms with Gasteiger partial charge in [-0.15, -0.1) is 0 Å². The Kier molecular flexibility index (Phi) is 5.85. The first-order valence-corrected chi connectivity index (χ1v) is 9.16. The van der Waals surface area contributed by atoms with E-state index in [-0.39, 0.29) is 18.0 Å². The fourth-order valence-corrected chi connectivity index (χ4v) is 3.35. The van der Waals surface area contributed by atoms with Crippen molar-refractivity contribution in [2.24, 2.45) is 0 Å². The van der Waals surface area contributed by atoms with Gasteiger partial charge in [-0.25, -0.2) is 13.1 Å². The normalized spacial score (nSPS) is 11.3. The first-order chi connectivity index (χ1) is 11.3. The highest BCUT2D eigenvalue weighted by atomic mass is 32.2. The largest absolute Gasteiger partial charge is 0.496 e. The van der Waals surface area contributed by atoms with Crippen LogP contribution in [0.1, 0.15) is 16.7 Å². The van der Waals surface area contributed by atoms with Crippen LogP contribution in [0.3, 0.4) is 0 Å². The van der Waals surface area contributed by atoms with Crippen molar-refractivity contribution in [3.63, 3.8) is 0 Å². The summed E-state index contributed by atoms with van der Waals surface area (Å²) in [5, 5.41) is 0. The van der Waals surface area contributed by atoms with Gasteiger partial charge in [0, 0.05) is 6.54 Å². The number of aryl methyl sites for hydroxylation is 3. The van der Waals surface area contributed by atoms with Crippen LogP contribution in [0.5, 0.6) is 11.5 Å². The summed E-state index contributed by atoms with van der Waals surface area (Å²) in [6.45, 7) is 6.30. The average Bonchev–Trinajstić information content (AvgIpc) is 2.54. The van der Waals surface area contributed by atoms with E-state index in [4.69, 9.17) is 9.47 Å². The SMILES string of the molecule is COc1ccc(S(=O)(=O)NCCOc2ccc(C)c(C)c2)cc1C. The summed E-state index contributed by atoms with van der Waals surface area (Å²) in [5.74, 6) is 1.39. The van der Waals surface area contributed by atoms with E-state index in [0.717, 1.165) is 16.9 Å². The highest BCUT2D eigenvalue weighted by molar-refractivity contribution is 7.89. The van der Waals surface area contributed by atoms with E-state index in [1.54, 1.807) is 26.2 Å². The molecule has 0 aliphatic heterocycles. The number of methoxy groups -OCH3 is 1. The van der Waals surface area contributed by atoms with Crippen LogP contribution in [0.2, 0.25) is 0 Å². The second-order valence-corrected chi connectivity index (χ2v) is 7.39. The number of hydrogen-bond donors (Lipinski definition) is 1. The molecule has 0 aromatic heterocycles. The van der Waals surface area contributed by atoms with Gasteiger partial charge in [0.05, 0.1) is 12.0 Å². The topological polar surface area (TPSA) is 64.6 Å². The summed E-state index contributed by atoms with van der Waals surface area (Å²) in [5.41, 5.74) is 3.10. The second kappa shape index (κ2) is 7.68. The van der Waals surface area contributed by atoms with Crippen LogP contribution >= 0.6 is 0 Å². The minimum Gasteiger partial charge on any atom is -0.496 e. The zero-order valence-electron chi connectivity index (χ0n) is 14.4. The number of benzene rings is 2. The van der Waals surface area contributed by atoms with Crippen LogP contribution < -0.4 is 14.2 Å². The lowest BCUT2D eigenvalue weighted by atomic mass is 10.1. The highest BCUT2D eigenvalue weighted by Crippen LogP contribution is 2.21. The van der Waals surface area contributed by atoms with Crippen LogP contribution in [0, 0.1) is 20.8 Å². The van der Waals surface area contributed by atoms with Gasteiger partial charge in [0.25, 0.3) is 0 Å². The fourth-order valence-electron chi connectivity index (χ4n) is 2.25. The molecular weight excluding hydrogens is 326 g/mol. The molecule has 0 fully saturated rings. The third-order valence-corrected chi connectivity index (χ3v) is 5.28. The number of hydrogen-bond acceptors (Lipinski definition) is 4. The summed E-state index contributed by atoms with van der Waals surface area (Å²) in [6, 6.07) is 10.6. The Morgan fingerprint density at radius 3 is 2.33 bits per heavy atom. The minimum absolute atomic E-state index is 0.195. The first kappa shape index (κ1) is 18.3. The molecule has 0 spiro atoms. The van der Waals surface area contributed by atoms with Crippen LogP contribution in [0.25, 0.3) is 0 Å². The van der Waals surface area contributed by atoms with Gasteiger partial charge < -0.3 is 9.47 Å². The van der Waals surface area contributed by atoms with Crippen LogP contribution in [-0.2, 0) is 10.0 Å². The fraction of sp³-hybridized carbons (Fsp3) is 0.333. The van der Waals surface area contributed by atoms with E-state index in [1.807, 2.05) is 32.0 Å². The van der Waals surface area contributed by atoms with Crippen molar-refractivity contribution in [3.8, 4) is 11.5 Å². The van der Waals surface area contributed by atoms with E-state index in [1.165, 1.54) is 11.6 Å². The minimum atomic E-state index is -3.56. The maximum atomic E-state index is 12.3. The van der Waals surface area contributed by atoms with Crippen molar-refractivity contribution in [3.05, 3.63) is 53.1 Å². The molecule has 0 aliphatic carbocycles. The summed E-state index contributed by atoms with van der Waals surface area (Å²) < 4.78 is 37.8. The Hall–Kier alpha value is -2.05. The highest BCUT2D eigenvalue weighted by Gasteiger charge is 2.14. The Morgan fingerprint density at radius 1 is 0.958 bits per heavy atom. The van der Waals surface area contributed by atoms with Gasteiger partial charge in [0.2, 0.25) is 10.0 Å². The quantitative estimate of drug-likeness (QED) is 0.781.